The first-order chi connectivity index (χ1) is 10.6. The van der Waals surface area contributed by atoms with E-state index in [4.69, 9.17) is 14.2 Å². The number of hydrogen-bond acceptors (Lipinski definition) is 3. The Balaban J connectivity index is 2.04. The summed E-state index contributed by atoms with van der Waals surface area (Å²) in [6.45, 7) is 6.03. The van der Waals surface area contributed by atoms with Gasteiger partial charge in [-0.25, -0.2) is 0 Å². The van der Waals surface area contributed by atoms with Crippen LogP contribution in [0, 0.1) is 0 Å². The lowest BCUT2D eigenvalue weighted by Crippen LogP contribution is -2.15. The largest absolute Gasteiger partial charge is 0.492 e. The molecule has 0 N–H and O–H groups in total. The van der Waals surface area contributed by atoms with Crippen LogP contribution >= 0.6 is 31.9 Å². The minimum absolute atomic E-state index is 0.130. The van der Waals surface area contributed by atoms with E-state index in [0.29, 0.717) is 13.4 Å². The molecule has 1 rings (SSSR count). The van der Waals surface area contributed by atoms with Gasteiger partial charge in [-0.05, 0) is 47.5 Å². The number of halogens is 2. The third-order valence-corrected chi connectivity index (χ3v) is 4.37. The Kier molecular flexibility index (Phi) is 11.2. The average Bonchev–Trinajstić information content (AvgIpc) is 2.48. The van der Waals surface area contributed by atoms with Crippen LogP contribution in [0.25, 0.3) is 0 Å². The number of ether oxygens (including phenoxy) is 3. The quantitative estimate of drug-likeness (QED) is 0.299. The minimum Gasteiger partial charge on any atom is -0.492 e. The summed E-state index contributed by atoms with van der Waals surface area (Å²) in [6.07, 6.45) is 5.85. The van der Waals surface area contributed by atoms with Gasteiger partial charge in [0.05, 0.1) is 17.2 Å². The Morgan fingerprint density at radius 3 is 2.64 bits per heavy atom. The summed E-state index contributed by atoms with van der Waals surface area (Å²) in [7, 11) is 0. The predicted octanol–water partition coefficient (Wildman–Crippen LogP) is 5.94. The standard InChI is InChI=1S/C17H26Br2O3/c1-3-4-5-6-10-20-13-22-14(2)9-11-21-17-8-7-15(18)12-16(17)19/h7-8,12,14H,3-6,9-11,13H2,1-2H3. The Bertz CT molecular complexity index is 413. The zero-order valence-corrected chi connectivity index (χ0v) is 16.6. The maximum Gasteiger partial charge on any atom is 0.147 e. The smallest absolute Gasteiger partial charge is 0.147 e. The third-order valence-electron chi connectivity index (χ3n) is 3.25. The van der Waals surface area contributed by atoms with Crippen molar-refractivity contribution in [3.05, 3.63) is 27.1 Å². The molecule has 0 amide bonds. The van der Waals surface area contributed by atoms with Crippen LogP contribution in [0.4, 0.5) is 0 Å². The molecule has 1 atom stereocenters. The van der Waals surface area contributed by atoms with Crippen molar-refractivity contribution in [1.82, 2.24) is 0 Å². The van der Waals surface area contributed by atoms with Gasteiger partial charge >= 0.3 is 0 Å². The number of rotatable bonds is 12. The Labute approximate surface area is 151 Å². The van der Waals surface area contributed by atoms with E-state index in [1.165, 1.54) is 19.3 Å². The van der Waals surface area contributed by atoms with Crippen molar-refractivity contribution in [3.8, 4) is 5.75 Å². The fourth-order valence-electron chi connectivity index (χ4n) is 1.86. The van der Waals surface area contributed by atoms with E-state index in [2.05, 4.69) is 38.8 Å². The van der Waals surface area contributed by atoms with Crippen LogP contribution in [-0.4, -0.2) is 26.1 Å². The van der Waals surface area contributed by atoms with Crippen LogP contribution in [0.3, 0.4) is 0 Å². The fourth-order valence-corrected chi connectivity index (χ4v) is 3.03. The molecule has 0 heterocycles. The molecule has 0 aliphatic carbocycles. The van der Waals surface area contributed by atoms with Gasteiger partial charge in [0.25, 0.3) is 0 Å². The molecule has 0 aliphatic rings. The van der Waals surface area contributed by atoms with Gasteiger partial charge < -0.3 is 14.2 Å². The molecule has 0 aliphatic heterocycles. The van der Waals surface area contributed by atoms with E-state index < -0.39 is 0 Å². The topological polar surface area (TPSA) is 27.7 Å². The SMILES string of the molecule is CCCCCCOCOC(C)CCOc1ccc(Br)cc1Br. The van der Waals surface area contributed by atoms with Crippen LogP contribution in [0.15, 0.2) is 27.1 Å². The molecule has 0 radical (unpaired) electrons. The van der Waals surface area contributed by atoms with Crippen molar-refractivity contribution in [2.75, 3.05) is 20.0 Å². The lowest BCUT2D eigenvalue weighted by atomic mass is 10.2. The molecule has 0 saturated heterocycles. The second-order valence-electron chi connectivity index (χ2n) is 5.28. The van der Waals surface area contributed by atoms with E-state index in [1.807, 2.05) is 25.1 Å². The zero-order chi connectivity index (χ0) is 16.2. The first kappa shape index (κ1) is 19.9. The third kappa shape index (κ3) is 9.13. The van der Waals surface area contributed by atoms with Gasteiger partial charge in [0.1, 0.15) is 12.5 Å². The van der Waals surface area contributed by atoms with Gasteiger partial charge in [-0.2, -0.15) is 0 Å². The van der Waals surface area contributed by atoms with Crippen LogP contribution in [0.2, 0.25) is 0 Å². The maximum absolute atomic E-state index is 5.75. The van der Waals surface area contributed by atoms with Crippen molar-refractivity contribution in [3.63, 3.8) is 0 Å². The summed E-state index contributed by atoms with van der Waals surface area (Å²) in [5.74, 6) is 0.850. The van der Waals surface area contributed by atoms with Gasteiger partial charge in [-0.3, -0.25) is 0 Å². The molecular formula is C17H26Br2O3. The minimum atomic E-state index is 0.130. The molecule has 0 saturated carbocycles. The van der Waals surface area contributed by atoms with Crippen LogP contribution in [0.5, 0.6) is 5.75 Å². The lowest BCUT2D eigenvalue weighted by Gasteiger charge is -2.14. The van der Waals surface area contributed by atoms with Crippen molar-refractivity contribution >= 4 is 31.9 Å². The molecule has 0 spiro atoms. The molecule has 3 nitrogen and oxygen atoms in total. The fraction of sp³-hybridized carbons (Fsp3) is 0.647. The van der Waals surface area contributed by atoms with Crippen LogP contribution < -0.4 is 4.74 Å². The predicted molar refractivity (Wildman–Crippen MR) is 97.5 cm³/mol. The Morgan fingerprint density at radius 1 is 1.09 bits per heavy atom. The highest BCUT2D eigenvalue weighted by Gasteiger charge is 2.05. The van der Waals surface area contributed by atoms with Crippen molar-refractivity contribution in [1.29, 1.82) is 0 Å². The highest BCUT2D eigenvalue weighted by Crippen LogP contribution is 2.28. The number of hydrogen-bond donors (Lipinski definition) is 0. The molecule has 0 bridgehead atoms. The highest BCUT2D eigenvalue weighted by molar-refractivity contribution is 9.11. The second kappa shape index (κ2) is 12.3. The normalized spacial score (nSPS) is 12.4. The van der Waals surface area contributed by atoms with Crippen molar-refractivity contribution in [2.24, 2.45) is 0 Å². The van der Waals surface area contributed by atoms with E-state index in [0.717, 1.165) is 34.1 Å². The molecule has 1 aromatic rings. The summed E-state index contributed by atoms with van der Waals surface area (Å²) in [4.78, 5) is 0. The number of benzene rings is 1. The summed E-state index contributed by atoms with van der Waals surface area (Å²) in [5, 5.41) is 0. The van der Waals surface area contributed by atoms with E-state index in [-0.39, 0.29) is 6.10 Å². The second-order valence-corrected chi connectivity index (χ2v) is 7.05. The highest BCUT2D eigenvalue weighted by atomic mass is 79.9. The van der Waals surface area contributed by atoms with Crippen LogP contribution in [-0.2, 0) is 9.47 Å². The molecule has 5 heteroatoms. The van der Waals surface area contributed by atoms with Crippen LogP contribution in [0.1, 0.15) is 46.0 Å². The zero-order valence-electron chi connectivity index (χ0n) is 13.4. The molecule has 0 fully saturated rings. The summed E-state index contributed by atoms with van der Waals surface area (Å²) < 4.78 is 18.8. The average molecular weight is 438 g/mol. The van der Waals surface area contributed by atoms with Gasteiger partial charge in [0.15, 0.2) is 0 Å². The monoisotopic (exact) mass is 436 g/mol. The van der Waals surface area contributed by atoms with Gasteiger partial charge in [-0.15, -0.1) is 0 Å². The van der Waals surface area contributed by atoms with E-state index in [1.54, 1.807) is 0 Å². The molecule has 0 aromatic heterocycles. The molecule has 126 valence electrons. The first-order valence-electron chi connectivity index (χ1n) is 7.90. The molecular weight excluding hydrogens is 412 g/mol. The van der Waals surface area contributed by atoms with E-state index in [9.17, 15) is 0 Å². The van der Waals surface area contributed by atoms with Gasteiger partial charge in [0.2, 0.25) is 0 Å². The molecule has 1 unspecified atom stereocenters. The summed E-state index contributed by atoms with van der Waals surface area (Å²) in [5.41, 5.74) is 0. The lowest BCUT2D eigenvalue weighted by molar-refractivity contribution is -0.0884. The van der Waals surface area contributed by atoms with Crippen molar-refractivity contribution < 1.29 is 14.2 Å². The number of unbranched alkanes of at least 4 members (excludes halogenated alkanes) is 3. The van der Waals surface area contributed by atoms with E-state index >= 15 is 0 Å². The maximum atomic E-state index is 5.75. The summed E-state index contributed by atoms with van der Waals surface area (Å²) in [6, 6.07) is 5.88. The van der Waals surface area contributed by atoms with Gasteiger partial charge in [-0.1, -0.05) is 42.1 Å². The summed E-state index contributed by atoms with van der Waals surface area (Å²) >= 11 is 6.91. The molecule has 1 aromatic carbocycles. The Hall–Kier alpha value is -0.100. The Morgan fingerprint density at radius 2 is 1.91 bits per heavy atom. The van der Waals surface area contributed by atoms with Crippen molar-refractivity contribution in [2.45, 2.75) is 52.1 Å². The molecule has 22 heavy (non-hydrogen) atoms. The van der Waals surface area contributed by atoms with Gasteiger partial charge in [0, 0.05) is 17.5 Å². The first-order valence-corrected chi connectivity index (χ1v) is 9.49.